The average Bonchev–Trinajstić information content (AvgIpc) is 2.57. The zero-order valence-corrected chi connectivity index (χ0v) is 18.2. The molecule has 27 heavy (non-hydrogen) atoms. The number of nitrogens with zero attached hydrogens (tertiary/aromatic N) is 3. The maximum Gasteiger partial charge on any atom is 0.406 e. The Hall–Kier alpha value is -1.27. The van der Waals surface area contributed by atoms with Crippen LogP contribution in [-0.4, -0.2) is 80.2 Å². The lowest BCUT2D eigenvalue weighted by atomic mass is 9.98. The highest BCUT2D eigenvalue weighted by atomic mass is 127. The van der Waals surface area contributed by atoms with E-state index in [1.54, 1.807) is 6.92 Å². The van der Waals surface area contributed by atoms with E-state index in [2.05, 4.69) is 10.3 Å². The molecule has 0 aromatic rings. The normalized spacial score (nSPS) is 17.8. The number of carbonyl (C=O) groups excluding carboxylic acids is 2. The fourth-order valence-electron chi connectivity index (χ4n) is 2.67. The third-order valence-corrected chi connectivity index (χ3v) is 3.88. The molecule has 7 nitrogen and oxygen atoms in total. The Kier molecular flexibility index (Phi) is 11.7. The Morgan fingerprint density at radius 3 is 2.56 bits per heavy atom. The number of guanidine groups is 1. The number of hydrogen-bond acceptors (Lipinski definition) is 4. The van der Waals surface area contributed by atoms with Crippen molar-refractivity contribution >= 4 is 41.8 Å². The smallest absolute Gasteiger partial charge is 0.406 e. The molecule has 1 rings (SSSR count). The minimum atomic E-state index is -4.45. The molecule has 1 amide bonds. The van der Waals surface area contributed by atoms with Gasteiger partial charge in [-0.3, -0.25) is 9.59 Å². The Balaban J connectivity index is 0.00000676. The van der Waals surface area contributed by atoms with Crippen molar-refractivity contribution in [3.8, 4) is 0 Å². The van der Waals surface area contributed by atoms with Crippen LogP contribution in [0, 0.1) is 5.92 Å². The number of halogens is 4. The van der Waals surface area contributed by atoms with Crippen LogP contribution in [0.1, 0.15) is 26.7 Å². The molecule has 1 unspecified atom stereocenters. The maximum absolute atomic E-state index is 12.4. The van der Waals surface area contributed by atoms with Crippen molar-refractivity contribution in [2.75, 3.05) is 46.4 Å². The van der Waals surface area contributed by atoms with E-state index >= 15 is 0 Å². The van der Waals surface area contributed by atoms with Gasteiger partial charge in [0.2, 0.25) is 5.91 Å². The number of ether oxygens (including phenoxy) is 1. The first-order valence-corrected chi connectivity index (χ1v) is 8.68. The van der Waals surface area contributed by atoms with Crippen LogP contribution in [0.5, 0.6) is 0 Å². The standard InChI is InChI=1S/C16H27F3N4O3.HI/c1-4-20-15(21-9-13(24)22(3)11-16(17,18)19)23-8-6-7-12(10-23)14(25)26-5-2;/h12H,4-11H2,1-3H3,(H,20,21);1H. The molecule has 158 valence electrons. The lowest BCUT2D eigenvalue weighted by Gasteiger charge is -2.34. The molecule has 1 aliphatic heterocycles. The van der Waals surface area contributed by atoms with E-state index in [0.29, 0.717) is 43.5 Å². The van der Waals surface area contributed by atoms with Gasteiger partial charge >= 0.3 is 12.1 Å². The maximum atomic E-state index is 12.4. The number of likely N-dealkylation sites (tertiary alicyclic amines) is 1. The van der Waals surface area contributed by atoms with Gasteiger partial charge in [-0.05, 0) is 26.7 Å². The summed E-state index contributed by atoms with van der Waals surface area (Å²) in [5.41, 5.74) is 0. The summed E-state index contributed by atoms with van der Waals surface area (Å²) in [6, 6.07) is 0. The van der Waals surface area contributed by atoms with Gasteiger partial charge < -0.3 is 19.9 Å². The topological polar surface area (TPSA) is 74.2 Å². The summed E-state index contributed by atoms with van der Waals surface area (Å²) in [7, 11) is 1.09. The van der Waals surface area contributed by atoms with Gasteiger partial charge in [0.05, 0.1) is 12.5 Å². The van der Waals surface area contributed by atoms with Crippen LogP contribution in [0.2, 0.25) is 0 Å². The van der Waals surface area contributed by atoms with Gasteiger partial charge in [0, 0.05) is 26.7 Å². The zero-order chi connectivity index (χ0) is 19.7. The van der Waals surface area contributed by atoms with E-state index < -0.39 is 25.2 Å². The number of piperidine rings is 1. The van der Waals surface area contributed by atoms with Crippen LogP contribution in [0.15, 0.2) is 4.99 Å². The number of likely N-dealkylation sites (N-methyl/N-ethyl adjacent to an activating group) is 1. The molecule has 0 aliphatic carbocycles. The van der Waals surface area contributed by atoms with Crippen molar-refractivity contribution in [3.05, 3.63) is 0 Å². The van der Waals surface area contributed by atoms with E-state index in [1.165, 1.54) is 0 Å². The fraction of sp³-hybridized carbons (Fsp3) is 0.812. The lowest BCUT2D eigenvalue weighted by Crippen LogP contribution is -2.48. The number of hydrogen-bond donors (Lipinski definition) is 1. The summed E-state index contributed by atoms with van der Waals surface area (Å²) in [6.07, 6.45) is -2.98. The van der Waals surface area contributed by atoms with Gasteiger partial charge in [0.15, 0.2) is 5.96 Å². The van der Waals surface area contributed by atoms with Crippen molar-refractivity contribution in [2.45, 2.75) is 32.9 Å². The molecule has 11 heteroatoms. The van der Waals surface area contributed by atoms with Crippen molar-refractivity contribution in [1.82, 2.24) is 15.1 Å². The third kappa shape index (κ3) is 9.47. The van der Waals surface area contributed by atoms with E-state index in [1.807, 2.05) is 11.8 Å². The first kappa shape index (κ1) is 25.7. The van der Waals surface area contributed by atoms with Crippen molar-refractivity contribution in [3.63, 3.8) is 0 Å². The molecule has 0 aromatic carbocycles. The summed E-state index contributed by atoms with van der Waals surface area (Å²) >= 11 is 0. The number of rotatable bonds is 6. The highest BCUT2D eigenvalue weighted by Gasteiger charge is 2.31. The van der Waals surface area contributed by atoms with Gasteiger partial charge in [-0.2, -0.15) is 13.2 Å². The number of alkyl halides is 3. The largest absolute Gasteiger partial charge is 0.466 e. The number of carbonyl (C=O) groups is 2. The van der Waals surface area contributed by atoms with E-state index in [9.17, 15) is 22.8 Å². The molecule has 0 saturated carbocycles. The number of esters is 1. The van der Waals surface area contributed by atoms with Gasteiger partial charge in [-0.25, -0.2) is 4.99 Å². The number of aliphatic imine (C=N–C) groups is 1. The van der Waals surface area contributed by atoms with E-state index in [-0.39, 0.29) is 35.9 Å². The second-order valence-corrected chi connectivity index (χ2v) is 6.07. The molecule has 1 atom stereocenters. The molecule has 0 spiro atoms. The van der Waals surface area contributed by atoms with Crippen LogP contribution in [-0.2, 0) is 14.3 Å². The summed E-state index contributed by atoms with van der Waals surface area (Å²) in [5, 5.41) is 3.02. The molecule has 1 saturated heterocycles. The molecular formula is C16H28F3IN4O3. The number of nitrogens with one attached hydrogen (secondary N) is 1. The second-order valence-electron chi connectivity index (χ2n) is 6.07. The van der Waals surface area contributed by atoms with E-state index in [0.717, 1.165) is 13.5 Å². The van der Waals surface area contributed by atoms with Gasteiger partial charge in [-0.15, -0.1) is 24.0 Å². The second kappa shape index (κ2) is 12.2. The Morgan fingerprint density at radius 1 is 1.33 bits per heavy atom. The quantitative estimate of drug-likeness (QED) is 0.257. The summed E-state index contributed by atoms with van der Waals surface area (Å²) in [4.78, 5) is 30.4. The van der Waals surface area contributed by atoms with Crippen LogP contribution >= 0.6 is 24.0 Å². The third-order valence-electron chi connectivity index (χ3n) is 3.88. The molecular weight excluding hydrogens is 480 g/mol. The van der Waals surface area contributed by atoms with Crippen molar-refractivity contribution in [1.29, 1.82) is 0 Å². The molecule has 1 N–H and O–H groups in total. The predicted molar refractivity (Wildman–Crippen MR) is 106 cm³/mol. The molecule has 0 radical (unpaired) electrons. The minimum Gasteiger partial charge on any atom is -0.466 e. The molecule has 0 aromatic heterocycles. The minimum absolute atomic E-state index is 0. The van der Waals surface area contributed by atoms with Gasteiger partial charge in [-0.1, -0.05) is 0 Å². The van der Waals surface area contributed by atoms with Crippen molar-refractivity contribution in [2.24, 2.45) is 10.9 Å². The van der Waals surface area contributed by atoms with Gasteiger partial charge in [0.1, 0.15) is 13.1 Å². The van der Waals surface area contributed by atoms with Gasteiger partial charge in [0.25, 0.3) is 0 Å². The van der Waals surface area contributed by atoms with E-state index in [4.69, 9.17) is 4.74 Å². The Morgan fingerprint density at radius 2 is 2.00 bits per heavy atom. The first-order chi connectivity index (χ1) is 12.2. The monoisotopic (exact) mass is 508 g/mol. The Labute approximate surface area is 174 Å². The molecule has 0 bridgehead atoms. The van der Waals surface area contributed by atoms with Crippen LogP contribution < -0.4 is 5.32 Å². The SMILES string of the molecule is CCNC(=NCC(=O)N(C)CC(F)(F)F)N1CCCC(C(=O)OCC)C1.I. The summed E-state index contributed by atoms with van der Waals surface area (Å²) < 4.78 is 42.1. The molecule has 1 fully saturated rings. The molecule has 1 heterocycles. The van der Waals surface area contributed by atoms with Crippen LogP contribution in [0.4, 0.5) is 13.2 Å². The van der Waals surface area contributed by atoms with Crippen molar-refractivity contribution < 1.29 is 27.5 Å². The summed E-state index contributed by atoms with van der Waals surface area (Å²) in [6.45, 7) is 3.77. The summed E-state index contributed by atoms with van der Waals surface area (Å²) in [5.74, 6) is -0.864. The predicted octanol–water partition coefficient (Wildman–Crippen LogP) is 1.87. The average molecular weight is 508 g/mol. The molecule has 1 aliphatic rings. The van der Waals surface area contributed by atoms with Crippen LogP contribution in [0.3, 0.4) is 0 Å². The highest BCUT2D eigenvalue weighted by molar-refractivity contribution is 14.0. The zero-order valence-electron chi connectivity index (χ0n) is 15.8. The lowest BCUT2D eigenvalue weighted by molar-refractivity contribution is -0.157. The Bertz CT molecular complexity index is 518. The number of amides is 1. The van der Waals surface area contributed by atoms with Crippen LogP contribution in [0.25, 0.3) is 0 Å². The fourth-order valence-corrected chi connectivity index (χ4v) is 2.67. The highest BCUT2D eigenvalue weighted by Crippen LogP contribution is 2.18. The first-order valence-electron chi connectivity index (χ1n) is 8.68.